The Hall–Kier alpha value is -2.51. The lowest BCUT2D eigenvalue weighted by Crippen LogP contribution is -2.09. The minimum Gasteiger partial charge on any atom is -0.493 e. The van der Waals surface area contributed by atoms with Gasteiger partial charge >= 0.3 is 0 Å². The zero-order chi connectivity index (χ0) is 19.9. The van der Waals surface area contributed by atoms with E-state index in [4.69, 9.17) is 32.7 Å². The fourth-order valence-corrected chi connectivity index (χ4v) is 3.14. The highest BCUT2D eigenvalue weighted by molar-refractivity contribution is 6.35. The van der Waals surface area contributed by atoms with Crippen molar-refractivity contribution in [1.29, 1.82) is 0 Å². The first-order chi connectivity index (χ1) is 13.6. The minimum absolute atomic E-state index is 0.248. The third-order valence-corrected chi connectivity index (χ3v) is 4.79. The molecular formula is C19H21Cl2N5O2. The van der Waals surface area contributed by atoms with Crippen LogP contribution >= 0.6 is 23.2 Å². The van der Waals surface area contributed by atoms with E-state index in [1.54, 1.807) is 30.0 Å². The summed E-state index contributed by atoms with van der Waals surface area (Å²) >= 11 is 12.4. The molecule has 0 amide bonds. The van der Waals surface area contributed by atoms with E-state index in [1.165, 1.54) is 0 Å². The number of aryl methyl sites for hydroxylation is 1. The molecule has 7 nitrogen and oxygen atoms in total. The summed E-state index contributed by atoms with van der Waals surface area (Å²) in [6.45, 7) is 3.64. The highest BCUT2D eigenvalue weighted by Gasteiger charge is 2.11. The molecule has 1 heterocycles. The number of hydrogen-bond acceptors (Lipinski definition) is 6. The van der Waals surface area contributed by atoms with Gasteiger partial charge in [-0.15, -0.1) is 0 Å². The summed E-state index contributed by atoms with van der Waals surface area (Å²) in [4.78, 5) is 0. The Morgan fingerprint density at radius 1 is 1.11 bits per heavy atom. The Morgan fingerprint density at radius 2 is 1.89 bits per heavy atom. The minimum atomic E-state index is 0.248. The first kappa shape index (κ1) is 20.2. The van der Waals surface area contributed by atoms with Crippen molar-refractivity contribution in [2.75, 3.05) is 12.4 Å². The third kappa shape index (κ3) is 4.85. The second-order valence-electron chi connectivity index (χ2n) is 6.05. The van der Waals surface area contributed by atoms with Crippen LogP contribution in [-0.2, 0) is 19.7 Å². The van der Waals surface area contributed by atoms with Gasteiger partial charge in [0.2, 0.25) is 5.95 Å². The van der Waals surface area contributed by atoms with Crippen LogP contribution in [-0.4, -0.2) is 27.3 Å². The molecule has 0 spiro atoms. The van der Waals surface area contributed by atoms with Gasteiger partial charge in [-0.1, -0.05) is 47.4 Å². The molecule has 0 saturated heterocycles. The number of nitrogens with zero attached hydrogens (tertiary/aromatic N) is 4. The Kier molecular flexibility index (Phi) is 6.95. The SMILES string of the molecule is CCCn1nnnc1NCc1ccc(OCc2c(Cl)cccc2Cl)c(OC)c1. The first-order valence-electron chi connectivity index (χ1n) is 8.85. The van der Waals surface area contributed by atoms with E-state index in [1.807, 2.05) is 18.2 Å². The number of anilines is 1. The zero-order valence-electron chi connectivity index (χ0n) is 15.7. The molecule has 0 radical (unpaired) electrons. The molecule has 0 aliphatic heterocycles. The van der Waals surface area contributed by atoms with Gasteiger partial charge in [-0.2, -0.15) is 0 Å². The van der Waals surface area contributed by atoms with Crippen molar-refractivity contribution in [2.45, 2.75) is 33.0 Å². The van der Waals surface area contributed by atoms with Gasteiger partial charge in [0.25, 0.3) is 0 Å². The highest BCUT2D eigenvalue weighted by atomic mass is 35.5. The van der Waals surface area contributed by atoms with Crippen molar-refractivity contribution in [3.05, 3.63) is 57.6 Å². The Balaban J connectivity index is 1.67. The van der Waals surface area contributed by atoms with Crippen LogP contribution in [0.15, 0.2) is 36.4 Å². The topological polar surface area (TPSA) is 74.1 Å². The van der Waals surface area contributed by atoms with Crippen LogP contribution in [0.4, 0.5) is 5.95 Å². The normalized spacial score (nSPS) is 10.7. The molecule has 1 N–H and O–H groups in total. The predicted molar refractivity (Wildman–Crippen MR) is 109 cm³/mol. The maximum atomic E-state index is 6.20. The van der Waals surface area contributed by atoms with Gasteiger partial charge in [-0.3, -0.25) is 0 Å². The van der Waals surface area contributed by atoms with E-state index < -0.39 is 0 Å². The summed E-state index contributed by atoms with van der Waals surface area (Å²) in [6.07, 6.45) is 0.953. The second-order valence-corrected chi connectivity index (χ2v) is 6.87. The molecule has 148 valence electrons. The van der Waals surface area contributed by atoms with E-state index in [0.717, 1.165) is 24.1 Å². The van der Waals surface area contributed by atoms with Gasteiger partial charge < -0.3 is 14.8 Å². The van der Waals surface area contributed by atoms with Gasteiger partial charge in [0.15, 0.2) is 11.5 Å². The molecule has 3 aromatic rings. The van der Waals surface area contributed by atoms with Gasteiger partial charge in [0.05, 0.1) is 7.11 Å². The van der Waals surface area contributed by atoms with Gasteiger partial charge in [0.1, 0.15) is 6.61 Å². The number of tetrazole rings is 1. The Morgan fingerprint density at radius 3 is 2.61 bits per heavy atom. The quantitative estimate of drug-likeness (QED) is 0.544. The van der Waals surface area contributed by atoms with Crippen LogP contribution in [0.1, 0.15) is 24.5 Å². The molecule has 0 aliphatic rings. The average molecular weight is 422 g/mol. The molecule has 0 unspecified atom stereocenters. The molecule has 3 rings (SSSR count). The fraction of sp³-hybridized carbons (Fsp3) is 0.316. The summed E-state index contributed by atoms with van der Waals surface area (Å²) in [7, 11) is 1.60. The maximum Gasteiger partial charge on any atom is 0.243 e. The first-order valence-corrected chi connectivity index (χ1v) is 9.60. The molecule has 0 fully saturated rings. The number of benzene rings is 2. The summed E-state index contributed by atoms with van der Waals surface area (Å²) in [5, 5.41) is 16.0. The van der Waals surface area contributed by atoms with E-state index in [-0.39, 0.29) is 6.61 Å². The summed E-state index contributed by atoms with van der Waals surface area (Å²) < 4.78 is 13.1. The van der Waals surface area contributed by atoms with Crippen molar-refractivity contribution < 1.29 is 9.47 Å². The molecule has 28 heavy (non-hydrogen) atoms. The number of methoxy groups -OCH3 is 1. The smallest absolute Gasteiger partial charge is 0.243 e. The van der Waals surface area contributed by atoms with E-state index in [2.05, 4.69) is 27.8 Å². The van der Waals surface area contributed by atoms with E-state index >= 15 is 0 Å². The fourth-order valence-electron chi connectivity index (χ4n) is 2.64. The summed E-state index contributed by atoms with van der Waals surface area (Å²) in [5.41, 5.74) is 1.74. The van der Waals surface area contributed by atoms with Gasteiger partial charge in [-0.05, 0) is 46.7 Å². The van der Waals surface area contributed by atoms with Crippen LogP contribution in [0, 0.1) is 0 Å². The Bertz CT molecular complexity index is 912. The molecule has 0 saturated carbocycles. The van der Waals surface area contributed by atoms with Crippen LogP contribution in [0.25, 0.3) is 0 Å². The number of rotatable bonds is 9. The van der Waals surface area contributed by atoms with Crippen molar-refractivity contribution in [3.8, 4) is 11.5 Å². The molecule has 0 atom stereocenters. The predicted octanol–water partition coefficient (Wildman–Crippen LogP) is 4.59. The van der Waals surface area contributed by atoms with Crippen LogP contribution in [0.2, 0.25) is 10.0 Å². The average Bonchev–Trinajstić information content (AvgIpc) is 3.14. The number of aromatic nitrogens is 4. The molecular weight excluding hydrogens is 401 g/mol. The monoisotopic (exact) mass is 421 g/mol. The molecule has 9 heteroatoms. The lowest BCUT2D eigenvalue weighted by Gasteiger charge is -2.14. The van der Waals surface area contributed by atoms with Gasteiger partial charge in [-0.25, -0.2) is 4.68 Å². The standard InChI is InChI=1S/C19H21Cl2N5O2/c1-3-9-26-19(23-24-25-26)22-11-13-7-8-17(18(10-13)27-2)28-12-14-15(20)5-4-6-16(14)21/h4-8,10H,3,9,11-12H2,1-2H3,(H,22,23,25). The second kappa shape index (κ2) is 9.61. The van der Waals surface area contributed by atoms with E-state index in [9.17, 15) is 0 Å². The number of halogens is 2. The zero-order valence-corrected chi connectivity index (χ0v) is 17.2. The van der Waals surface area contributed by atoms with Crippen molar-refractivity contribution in [1.82, 2.24) is 20.2 Å². The maximum absolute atomic E-state index is 6.20. The van der Waals surface area contributed by atoms with Crippen molar-refractivity contribution in [3.63, 3.8) is 0 Å². The van der Waals surface area contributed by atoms with Crippen LogP contribution in [0.3, 0.4) is 0 Å². The van der Waals surface area contributed by atoms with E-state index in [0.29, 0.717) is 34.0 Å². The molecule has 2 aromatic carbocycles. The number of ether oxygens (including phenoxy) is 2. The largest absolute Gasteiger partial charge is 0.493 e. The van der Waals surface area contributed by atoms with Crippen molar-refractivity contribution >= 4 is 29.2 Å². The molecule has 0 aliphatic carbocycles. The lowest BCUT2D eigenvalue weighted by molar-refractivity contribution is 0.284. The van der Waals surface area contributed by atoms with Crippen LogP contribution < -0.4 is 14.8 Å². The third-order valence-electron chi connectivity index (χ3n) is 4.08. The number of hydrogen-bond donors (Lipinski definition) is 1. The highest BCUT2D eigenvalue weighted by Crippen LogP contribution is 2.31. The Labute approximate surface area is 173 Å². The summed E-state index contributed by atoms with van der Waals surface area (Å²) in [5.74, 6) is 1.86. The van der Waals surface area contributed by atoms with Crippen LogP contribution in [0.5, 0.6) is 11.5 Å². The van der Waals surface area contributed by atoms with Crippen molar-refractivity contribution in [2.24, 2.45) is 0 Å². The van der Waals surface area contributed by atoms with Gasteiger partial charge in [0, 0.05) is 28.7 Å². The lowest BCUT2D eigenvalue weighted by atomic mass is 10.2. The number of nitrogens with one attached hydrogen (secondary N) is 1. The summed E-state index contributed by atoms with van der Waals surface area (Å²) in [6, 6.07) is 11.1. The molecule has 0 bridgehead atoms. The molecule has 1 aromatic heterocycles.